The highest BCUT2D eigenvalue weighted by Gasteiger charge is 2.48. The molecule has 3 nitrogen and oxygen atoms in total. The fourth-order valence-corrected chi connectivity index (χ4v) is 3.13. The molecule has 1 N–H and O–H groups in total. The summed E-state index contributed by atoms with van der Waals surface area (Å²) < 4.78 is 4.75. The number of rotatable bonds is 3. The third-order valence-electron chi connectivity index (χ3n) is 3.37. The second kappa shape index (κ2) is 5.10. The second-order valence-corrected chi connectivity index (χ2v) is 8.50. The average Bonchev–Trinajstić information content (AvgIpc) is 2.28. The molecule has 0 saturated heterocycles. The molecule has 5 heteroatoms. The first-order chi connectivity index (χ1) is 8.33. The van der Waals surface area contributed by atoms with Gasteiger partial charge in [-0.3, -0.25) is 0 Å². The van der Waals surface area contributed by atoms with Crippen LogP contribution in [0.2, 0.25) is 0 Å². The summed E-state index contributed by atoms with van der Waals surface area (Å²) in [6.45, 7) is 8.91. The summed E-state index contributed by atoms with van der Waals surface area (Å²) in [5.41, 5.74) is -0.0569. The lowest BCUT2D eigenvalue weighted by Crippen LogP contribution is -2.53. The number of nitrogens with zero attached hydrogens (tertiary/aromatic N) is 2. The molecule has 1 aromatic heterocycles. The van der Waals surface area contributed by atoms with Gasteiger partial charge < -0.3 is 0 Å². The largest absolute Gasteiger partial charge is 0.250 e. The summed E-state index contributed by atoms with van der Waals surface area (Å²) in [5, 5.41) is 0. The van der Waals surface area contributed by atoms with Crippen molar-refractivity contribution in [3.05, 3.63) is 22.7 Å². The van der Waals surface area contributed by atoms with Crippen LogP contribution in [0.3, 0.4) is 0 Å². The maximum absolute atomic E-state index is 4.49. The molecule has 2 rings (SSSR count). The van der Waals surface area contributed by atoms with Crippen LogP contribution in [0.15, 0.2) is 16.9 Å². The molecule has 2 atom stereocenters. The minimum atomic E-state index is -0.0569. The number of nitrogens with one attached hydrogen (secondary N) is 1. The zero-order valence-electron chi connectivity index (χ0n) is 11.3. The molecule has 0 amide bonds. The molecule has 1 heterocycles. The van der Waals surface area contributed by atoms with Crippen molar-refractivity contribution in [3.63, 3.8) is 0 Å². The van der Waals surface area contributed by atoms with Crippen LogP contribution in [-0.2, 0) is 5.54 Å². The van der Waals surface area contributed by atoms with Crippen molar-refractivity contribution < 1.29 is 0 Å². The maximum Gasteiger partial charge on any atom is 0.149 e. The van der Waals surface area contributed by atoms with Crippen molar-refractivity contribution in [2.45, 2.75) is 50.8 Å². The van der Waals surface area contributed by atoms with Gasteiger partial charge in [-0.05, 0) is 55.5 Å². The highest BCUT2D eigenvalue weighted by atomic mass is 79.9. The summed E-state index contributed by atoms with van der Waals surface area (Å²) in [6.07, 6.45) is 6.01. The zero-order chi connectivity index (χ0) is 13.4. The monoisotopic (exact) mass is 329 g/mol. The molecule has 1 aliphatic carbocycles. The van der Waals surface area contributed by atoms with E-state index >= 15 is 0 Å². The minimum Gasteiger partial charge on any atom is -0.250 e. The van der Waals surface area contributed by atoms with Gasteiger partial charge in [0.15, 0.2) is 0 Å². The molecule has 0 spiro atoms. The Balaban J connectivity index is 2.20. The number of aromatic nitrogens is 2. The molecular weight excluding hydrogens is 310 g/mol. The van der Waals surface area contributed by atoms with E-state index in [1.807, 2.05) is 12.4 Å². The predicted molar refractivity (Wildman–Crippen MR) is 80.3 cm³/mol. The van der Waals surface area contributed by atoms with Gasteiger partial charge in [0.05, 0.1) is 10.0 Å². The maximum atomic E-state index is 4.49. The van der Waals surface area contributed by atoms with Crippen LogP contribution in [0.4, 0.5) is 0 Å². The van der Waals surface area contributed by atoms with Gasteiger partial charge in [0, 0.05) is 17.1 Å². The van der Waals surface area contributed by atoms with Gasteiger partial charge in [-0.1, -0.05) is 18.9 Å². The van der Waals surface area contributed by atoms with Crippen molar-refractivity contribution in [2.75, 3.05) is 0 Å². The molecular formula is C13H20BrN3S. The van der Waals surface area contributed by atoms with Gasteiger partial charge in [-0.2, -0.15) is 0 Å². The summed E-state index contributed by atoms with van der Waals surface area (Å²) >= 11 is 5.16. The normalized spacial score (nSPS) is 27.9. The molecule has 1 aromatic rings. The van der Waals surface area contributed by atoms with E-state index in [-0.39, 0.29) is 10.3 Å². The van der Waals surface area contributed by atoms with Crippen LogP contribution in [-0.4, -0.2) is 14.7 Å². The van der Waals surface area contributed by atoms with Crippen LogP contribution in [0.1, 0.15) is 46.4 Å². The Bertz CT molecular complexity index is 415. The Labute approximate surface area is 122 Å². The first-order valence-corrected chi connectivity index (χ1v) is 7.88. The van der Waals surface area contributed by atoms with E-state index < -0.39 is 0 Å². The molecule has 0 aromatic carbocycles. The lowest BCUT2D eigenvalue weighted by molar-refractivity contribution is 0.116. The SMILES string of the molecule is CC1CCC1(NSC(C)(C)C)c1ncc(Br)cn1. The minimum absolute atomic E-state index is 0.0569. The van der Waals surface area contributed by atoms with Crippen molar-refractivity contribution in [1.82, 2.24) is 14.7 Å². The Hall–Kier alpha value is -0.130. The standard InChI is InChI=1S/C13H20BrN3S/c1-9-5-6-13(9,17-18-12(2,3)4)11-15-7-10(14)8-16-11/h7-9,17H,5-6H2,1-4H3. The molecule has 18 heavy (non-hydrogen) atoms. The van der Waals surface area contributed by atoms with E-state index in [2.05, 4.69) is 58.3 Å². The molecule has 1 saturated carbocycles. The Morgan fingerprint density at radius 1 is 1.39 bits per heavy atom. The third kappa shape index (κ3) is 2.89. The van der Waals surface area contributed by atoms with E-state index in [0.29, 0.717) is 5.92 Å². The van der Waals surface area contributed by atoms with Gasteiger partial charge >= 0.3 is 0 Å². The van der Waals surface area contributed by atoms with Crippen molar-refractivity contribution in [2.24, 2.45) is 5.92 Å². The summed E-state index contributed by atoms with van der Waals surface area (Å²) in [4.78, 5) is 8.98. The van der Waals surface area contributed by atoms with E-state index in [1.54, 1.807) is 11.9 Å². The Morgan fingerprint density at radius 2 is 2.00 bits per heavy atom. The third-order valence-corrected chi connectivity index (χ3v) is 4.86. The van der Waals surface area contributed by atoms with Gasteiger partial charge in [-0.15, -0.1) is 0 Å². The topological polar surface area (TPSA) is 37.8 Å². The Morgan fingerprint density at radius 3 is 2.39 bits per heavy atom. The number of hydrogen-bond acceptors (Lipinski definition) is 4. The van der Waals surface area contributed by atoms with Crippen molar-refractivity contribution in [1.29, 1.82) is 0 Å². The highest BCUT2D eigenvalue weighted by molar-refractivity contribution is 9.10. The van der Waals surface area contributed by atoms with Gasteiger partial charge in [0.1, 0.15) is 5.82 Å². The van der Waals surface area contributed by atoms with E-state index in [4.69, 9.17) is 0 Å². The van der Waals surface area contributed by atoms with Crippen LogP contribution in [0.25, 0.3) is 0 Å². The quantitative estimate of drug-likeness (QED) is 0.853. The fourth-order valence-electron chi connectivity index (χ4n) is 2.04. The molecule has 0 bridgehead atoms. The van der Waals surface area contributed by atoms with Gasteiger partial charge in [0.2, 0.25) is 0 Å². The lowest BCUT2D eigenvalue weighted by atomic mass is 9.67. The van der Waals surface area contributed by atoms with Crippen molar-refractivity contribution in [3.8, 4) is 0 Å². The first-order valence-electron chi connectivity index (χ1n) is 6.27. The molecule has 1 aliphatic rings. The molecule has 100 valence electrons. The van der Waals surface area contributed by atoms with Crippen LogP contribution < -0.4 is 4.72 Å². The summed E-state index contributed by atoms with van der Waals surface area (Å²) in [7, 11) is 0. The van der Waals surface area contributed by atoms with Crippen molar-refractivity contribution >= 4 is 27.9 Å². The highest BCUT2D eigenvalue weighted by Crippen LogP contribution is 2.47. The summed E-state index contributed by atoms with van der Waals surface area (Å²) in [6, 6.07) is 0. The van der Waals surface area contributed by atoms with Crippen LogP contribution in [0, 0.1) is 5.92 Å². The predicted octanol–water partition coefficient (Wildman–Crippen LogP) is 3.90. The molecule has 0 aliphatic heterocycles. The molecule has 1 fully saturated rings. The second-order valence-electron chi connectivity index (χ2n) is 5.95. The smallest absolute Gasteiger partial charge is 0.149 e. The lowest BCUT2D eigenvalue weighted by Gasteiger charge is -2.47. The zero-order valence-corrected chi connectivity index (χ0v) is 13.7. The average molecular weight is 330 g/mol. The fraction of sp³-hybridized carbons (Fsp3) is 0.692. The first kappa shape index (κ1) is 14.3. The Kier molecular flexibility index (Phi) is 4.04. The van der Waals surface area contributed by atoms with Gasteiger partial charge in [0.25, 0.3) is 0 Å². The number of halogens is 1. The number of hydrogen-bond donors (Lipinski definition) is 1. The molecule has 0 radical (unpaired) electrons. The van der Waals surface area contributed by atoms with E-state index in [9.17, 15) is 0 Å². The van der Waals surface area contributed by atoms with E-state index in [0.717, 1.165) is 16.7 Å². The van der Waals surface area contributed by atoms with E-state index in [1.165, 1.54) is 6.42 Å². The van der Waals surface area contributed by atoms with Crippen LogP contribution in [0.5, 0.6) is 0 Å². The summed E-state index contributed by atoms with van der Waals surface area (Å²) in [5.74, 6) is 1.50. The van der Waals surface area contributed by atoms with Crippen LogP contribution >= 0.6 is 27.9 Å². The molecule has 2 unspecified atom stereocenters. The van der Waals surface area contributed by atoms with Gasteiger partial charge in [-0.25, -0.2) is 14.7 Å².